The highest BCUT2D eigenvalue weighted by Gasteiger charge is 2.10. The van der Waals surface area contributed by atoms with Gasteiger partial charge in [-0.2, -0.15) is 4.98 Å². The molecule has 0 bridgehead atoms. The van der Waals surface area contributed by atoms with Crippen molar-refractivity contribution in [3.8, 4) is 23.0 Å². The third kappa shape index (κ3) is 2.55. The van der Waals surface area contributed by atoms with Gasteiger partial charge in [-0.05, 0) is 24.6 Å². The number of hydrogen-bond donors (Lipinski definition) is 2. The fourth-order valence-electron chi connectivity index (χ4n) is 1.46. The van der Waals surface area contributed by atoms with Gasteiger partial charge in [-0.25, -0.2) is 0 Å². The standard InChI is InChI=1S/C12H14N2O3/c1-2-3-4-11-13-12(17-14-11)8-5-6-9(15)10(16)7-8/h5-7,15-16H,2-4H2,1H3. The predicted molar refractivity (Wildman–Crippen MR) is 61.7 cm³/mol. The van der Waals surface area contributed by atoms with Gasteiger partial charge in [0, 0.05) is 12.0 Å². The highest BCUT2D eigenvalue weighted by molar-refractivity contribution is 5.58. The summed E-state index contributed by atoms with van der Waals surface area (Å²) in [5, 5.41) is 22.4. The zero-order valence-corrected chi connectivity index (χ0v) is 9.55. The Kier molecular flexibility index (Phi) is 3.27. The van der Waals surface area contributed by atoms with E-state index < -0.39 is 0 Å². The summed E-state index contributed by atoms with van der Waals surface area (Å²) in [4.78, 5) is 4.22. The predicted octanol–water partition coefficient (Wildman–Crippen LogP) is 2.49. The Labute approximate surface area is 98.7 Å². The monoisotopic (exact) mass is 234 g/mol. The van der Waals surface area contributed by atoms with Crippen LogP contribution < -0.4 is 0 Å². The minimum atomic E-state index is -0.198. The molecule has 0 saturated heterocycles. The van der Waals surface area contributed by atoms with E-state index in [9.17, 15) is 10.2 Å². The summed E-state index contributed by atoms with van der Waals surface area (Å²) in [5.41, 5.74) is 0.593. The summed E-state index contributed by atoms with van der Waals surface area (Å²) in [7, 11) is 0. The van der Waals surface area contributed by atoms with E-state index in [-0.39, 0.29) is 11.5 Å². The second-order valence-electron chi connectivity index (χ2n) is 3.82. The average Bonchev–Trinajstić information content (AvgIpc) is 2.79. The molecule has 1 aromatic carbocycles. The van der Waals surface area contributed by atoms with Crippen LogP contribution in [0.5, 0.6) is 11.5 Å². The van der Waals surface area contributed by atoms with Crippen molar-refractivity contribution in [1.82, 2.24) is 10.1 Å². The highest BCUT2D eigenvalue weighted by Crippen LogP contribution is 2.29. The summed E-state index contributed by atoms with van der Waals surface area (Å²) < 4.78 is 5.09. The molecular weight excluding hydrogens is 220 g/mol. The summed E-state index contributed by atoms with van der Waals surface area (Å²) in [5.74, 6) is 0.649. The quantitative estimate of drug-likeness (QED) is 0.794. The number of benzene rings is 1. The molecule has 5 heteroatoms. The van der Waals surface area contributed by atoms with Gasteiger partial charge in [-0.3, -0.25) is 0 Å². The van der Waals surface area contributed by atoms with Crippen LogP contribution in [0, 0.1) is 0 Å². The first-order valence-electron chi connectivity index (χ1n) is 5.55. The molecule has 1 aromatic heterocycles. The molecule has 0 aliphatic rings. The van der Waals surface area contributed by atoms with Crippen LogP contribution in [0.2, 0.25) is 0 Å². The zero-order valence-electron chi connectivity index (χ0n) is 9.55. The van der Waals surface area contributed by atoms with E-state index in [0.29, 0.717) is 17.3 Å². The maximum Gasteiger partial charge on any atom is 0.258 e. The number of phenolic OH excluding ortho intramolecular Hbond substituents is 2. The molecule has 0 aliphatic heterocycles. The largest absolute Gasteiger partial charge is 0.504 e. The van der Waals surface area contributed by atoms with E-state index in [1.54, 1.807) is 6.07 Å². The van der Waals surface area contributed by atoms with Crippen LogP contribution in [-0.4, -0.2) is 20.4 Å². The van der Waals surface area contributed by atoms with E-state index in [1.807, 2.05) is 0 Å². The number of aryl methyl sites for hydroxylation is 1. The summed E-state index contributed by atoms with van der Waals surface area (Å²) in [6, 6.07) is 4.40. The third-order valence-corrected chi connectivity index (χ3v) is 2.44. The highest BCUT2D eigenvalue weighted by atomic mass is 16.5. The number of aromatic nitrogens is 2. The van der Waals surface area contributed by atoms with Crippen LogP contribution >= 0.6 is 0 Å². The molecule has 90 valence electrons. The van der Waals surface area contributed by atoms with Crippen LogP contribution in [0.15, 0.2) is 22.7 Å². The van der Waals surface area contributed by atoms with E-state index in [2.05, 4.69) is 17.1 Å². The van der Waals surface area contributed by atoms with Crippen molar-refractivity contribution >= 4 is 0 Å². The second kappa shape index (κ2) is 4.86. The maximum absolute atomic E-state index is 9.37. The van der Waals surface area contributed by atoms with Gasteiger partial charge < -0.3 is 14.7 Å². The lowest BCUT2D eigenvalue weighted by molar-refractivity contribution is 0.402. The lowest BCUT2D eigenvalue weighted by Gasteiger charge is -1.98. The van der Waals surface area contributed by atoms with E-state index >= 15 is 0 Å². The van der Waals surface area contributed by atoms with Gasteiger partial charge in [-0.1, -0.05) is 18.5 Å². The van der Waals surface area contributed by atoms with Crippen molar-refractivity contribution in [2.75, 3.05) is 0 Å². The Morgan fingerprint density at radius 1 is 1.24 bits per heavy atom. The van der Waals surface area contributed by atoms with E-state index in [4.69, 9.17) is 4.52 Å². The van der Waals surface area contributed by atoms with Gasteiger partial charge in [0.25, 0.3) is 5.89 Å². The lowest BCUT2D eigenvalue weighted by Crippen LogP contribution is -1.87. The Hall–Kier alpha value is -2.04. The Morgan fingerprint density at radius 3 is 2.76 bits per heavy atom. The zero-order chi connectivity index (χ0) is 12.3. The SMILES string of the molecule is CCCCc1noc(-c2ccc(O)c(O)c2)n1. The molecule has 2 rings (SSSR count). The molecule has 2 N–H and O–H groups in total. The lowest BCUT2D eigenvalue weighted by atomic mass is 10.2. The number of hydrogen-bond acceptors (Lipinski definition) is 5. The molecule has 5 nitrogen and oxygen atoms in total. The summed E-state index contributed by atoms with van der Waals surface area (Å²) >= 11 is 0. The molecule has 0 atom stereocenters. The summed E-state index contributed by atoms with van der Waals surface area (Å²) in [6.45, 7) is 2.10. The van der Waals surface area contributed by atoms with Crippen molar-refractivity contribution in [1.29, 1.82) is 0 Å². The van der Waals surface area contributed by atoms with E-state index in [1.165, 1.54) is 12.1 Å². The van der Waals surface area contributed by atoms with Crippen molar-refractivity contribution in [3.05, 3.63) is 24.0 Å². The van der Waals surface area contributed by atoms with Crippen LogP contribution in [0.25, 0.3) is 11.5 Å². The number of aromatic hydroxyl groups is 2. The molecular formula is C12H14N2O3. The normalized spacial score (nSPS) is 10.6. The second-order valence-corrected chi connectivity index (χ2v) is 3.82. The van der Waals surface area contributed by atoms with Crippen molar-refractivity contribution < 1.29 is 14.7 Å². The molecule has 2 aromatic rings. The molecule has 0 unspecified atom stereocenters. The molecule has 0 fully saturated rings. The molecule has 0 aliphatic carbocycles. The number of unbranched alkanes of at least 4 members (excludes halogenated alkanes) is 1. The Bertz CT molecular complexity index is 508. The van der Waals surface area contributed by atoms with Crippen molar-refractivity contribution in [2.24, 2.45) is 0 Å². The van der Waals surface area contributed by atoms with Crippen molar-refractivity contribution in [3.63, 3.8) is 0 Å². The van der Waals surface area contributed by atoms with Crippen LogP contribution in [0.4, 0.5) is 0 Å². The van der Waals surface area contributed by atoms with Gasteiger partial charge in [0.1, 0.15) is 0 Å². The molecule has 1 heterocycles. The molecule has 0 saturated carbocycles. The first-order chi connectivity index (χ1) is 8.20. The average molecular weight is 234 g/mol. The number of nitrogens with zero attached hydrogens (tertiary/aromatic N) is 2. The van der Waals surface area contributed by atoms with E-state index in [0.717, 1.165) is 19.3 Å². The fraction of sp³-hybridized carbons (Fsp3) is 0.333. The smallest absolute Gasteiger partial charge is 0.258 e. The minimum absolute atomic E-state index is 0.167. The van der Waals surface area contributed by atoms with Gasteiger partial charge >= 0.3 is 0 Å². The third-order valence-electron chi connectivity index (χ3n) is 2.44. The first-order valence-corrected chi connectivity index (χ1v) is 5.55. The fourth-order valence-corrected chi connectivity index (χ4v) is 1.46. The Morgan fingerprint density at radius 2 is 2.06 bits per heavy atom. The van der Waals surface area contributed by atoms with Gasteiger partial charge in [0.15, 0.2) is 17.3 Å². The summed E-state index contributed by atoms with van der Waals surface area (Å²) in [6.07, 6.45) is 2.87. The topological polar surface area (TPSA) is 79.4 Å². The maximum atomic E-state index is 9.37. The van der Waals surface area contributed by atoms with Crippen LogP contribution in [0.1, 0.15) is 25.6 Å². The van der Waals surface area contributed by atoms with Gasteiger partial charge in [0.05, 0.1) is 0 Å². The Balaban J connectivity index is 2.21. The molecule has 0 spiro atoms. The molecule has 17 heavy (non-hydrogen) atoms. The molecule has 0 amide bonds. The van der Waals surface area contributed by atoms with Crippen LogP contribution in [0.3, 0.4) is 0 Å². The van der Waals surface area contributed by atoms with Crippen molar-refractivity contribution in [2.45, 2.75) is 26.2 Å². The number of phenols is 2. The number of rotatable bonds is 4. The van der Waals surface area contributed by atoms with Crippen LogP contribution in [-0.2, 0) is 6.42 Å². The van der Waals surface area contributed by atoms with Gasteiger partial charge in [-0.15, -0.1) is 0 Å². The van der Waals surface area contributed by atoms with Gasteiger partial charge in [0.2, 0.25) is 0 Å². The molecule has 0 radical (unpaired) electrons. The minimum Gasteiger partial charge on any atom is -0.504 e. The first kappa shape index (κ1) is 11.4.